The summed E-state index contributed by atoms with van der Waals surface area (Å²) < 4.78 is 5.96. The maximum absolute atomic E-state index is 5.96. The fraction of sp³-hybridized carbons (Fsp3) is 1.00. The lowest BCUT2D eigenvalue weighted by Crippen LogP contribution is -2.59. The summed E-state index contributed by atoms with van der Waals surface area (Å²) in [6.45, 7) is 7.95. The minimum atomic E-state index is 0.549. The highest BCUT2D eigenvalue weighted by atomic mass is 16.5. The Labute approximate surface area is 98.5 Å². The van der Waals surface area contributed by atoms with Gasteiger partial charge in [-0.05, 0) is 39.0 Å². The first kappa shape index (κ1) is 11.0. The Morgan fingerprint density at radius 1 is 1.19 bits per heavy atom. The molecule has 4 unspecified atom stereocenters. The highest BCUT2D eigenvalue weighted by Crippen LogP contribution is 2.40. The molecule has 0 radical (unpaired) electrons. The molecule has 0 bridgehead atoms. The van der Waals surface area contributed by atoms with Gasteiger partial charge in [-0.15, -0.1) is 0 Å². The van der Waals surface area contributed by atoms with Crippen LogP contribution in [0.5, 0.6) is 0 Å². The molecule has 3 rings (SSSR count). The summed E-state index contributed by atoms with van der Waals surface area (Å²) in [5.74, 6) is 0.880. The standard InChI is InChI=1S/C13H24N2O/c1-9-8-15(10(2)7-14-9)12-5-6-16-13(12)11-3-4-11/h9-14H,3-8H2,1-2H3. The van der Waals surface area contributed by atoms with Crippen molar-refractivity contribution in [2.45, 2.75) is 57.3 Å². The topological polar surface area (TPSA) is 24.5 Å². The lowest BCUT2D eigenvalue weighted by Gasteiger charge is -2.42. The zero-order valence-corrected chi connectivity index (χ0v) is 10.5. The van der Waals surface area contributed by atoms with Crippen molar-refractivity contribution < 1.29 is 4.74 Å². The minimum Gasteiger partial charge on any atom is -0.376 e. The van der Waals surface area contributed by atoms with Crippen LogP contribution in [0, 0.1) is 5.92 Å². The predicted molar refractivity (Wildman–Crippen MR) is 64.5 cm³/mol. The van der Waals surface area contributed by atoms with Gasteiger partial charge in [0.05, 0.1) is 6.10 Å². The number of rotatable bonds is 2. The average molecular weight is 224 g/mol. The molecule has 92 valence electrons. The third-order valence-electron chi connectivity index (χ3n) is 4.43. The molecule has 1 aliphatic carbocycles. The Morgan fingerprint density at radius 3 is 2.75 bits per heavy atom. The van der Waals surface area contributed by atoms with Gasteiger partial charge >= 0.3 is 0 Å². The van der Waals surface area contributed by atoms with E-state index in [4.69, 9.17) is 4.74 Å². The number of piperazine rings is 1. The van der Waals surface area contributed by atoms with Crippen LogP contribution in [-0.2, 0) is 4.74 Å². The third-order valence-corrected chi connectivity index (χ3v) is 4.43. The molecule has 3 aliphatic rings. The second-order valence-corrected chi connectivity index (χ2v) is 5.88. The molecule has 1 N–H and O–H groups in total. The van der Waals surface area contributed by atoms with Crippen LogP contribution in [0.15, 0.2) is 0 Å². The molecular formula is C13H24N2O. The largest absolute Gasteiger partial charge is 0.376 e. The van der Waals surface area contributed by atoms with Crippen molar-refractivity contribution in [2.75, 3.05) is 19.7 Å². The van der Waals surface area contributed by atoms with Crippen LogP contribution < -0.4 is 5.32 Å². The summed E-state index contributed by atoms with van der Waals surface area (Å²) in [5, 5.41) is 3.56. The molecule has 0 amide bonds. The zero-order valence-electron chi connectivity index (χ0n) is 10.5. The first-order chi connectivity index (χ1) is 7.75. The summed E-state index contributed by atoms with van der Waals surface area (Å²) in [4.78, 5) is 2.71. The van der Waals surface area contributed by atoms with Crippen molar-refractivity contribution in [3.63, 3.8) is 0 Å². The summed E-state index contributed by atoms with van der Waals surface area (Å²) >= 11 is 0. The van der Waals surface area contributed by atoms with Crippen LogP contribution in [0.2, 0.25) is 0 Å². The maximum Gasteiger partial charge on any atom is 0.0759 e. The van der Waals surface area contributed by atoms with Gasteiger partial charge < -0.3 is 10.1 Å². The Bertz CT molecular complexity index is 254. The van der Waals surface area contributed by atoms with Gasteiger partial charge in [0.15, 0.2) is 0 Å². The van der Waals surface area contributed by atoms with E-state index in [1.54, 1.807) is 0 Å². The molecule has 0 aromatic heterocycles. The molecule has 3 nitrogen and oxygen atoms in total. The van der Waals surface area contributed by atoms with Crippen molar-refractivity contribution >= 4 is 0 Å². The molecule has 1 saturated carbocycles. The summed E-state index contributed by atoms with van der Waals surface area (Å²) in [7, 11) is 0. The second kappa shape index (κ2) is 4.28. The van der Waals surface area contributed by atoms with Gasteiger partial charge in [0.2, 0.25) is 0 Å². The fourth-order valence-corrected chi connectivity index (χ4v) is 3.34. The Hall–Kier alpha value is -0.120. The smallest absolute Gasteiger partial charge is 0.0759 e. The van der Waals surface area contributed by atoms with E-state index in [9.17, 15) is 0 Å². The van der Waals surface area contributed by atoms with Gasteiger partial charge in [0.1, 0.15) is 0 Å². The van der Waals surface area contributed by atoms with Crippen LogP contribution in [0.4, 0.5) is 0 Å². The number of nitrogens with zero attached hydrogens (tertiary/aromatic N) is 1. The van der Waals surface area contributed by atoms with E-state index >= 15 is 0 Å². The second-order valence-electron chi connectivity index (χ2n) is 5.88. The Balaban J connectivity index is 1.69. The summed E-state index contributed by atoms with van der Waals surface area (Å²) in [6.07, 6.45) is 4.60. The normalized spacial score (nSPS) is 46.1. The first-order valence-electron chi connectivity index (χ1n) is 6.86. The Morgan fingerprint density at radius 2 is 2.00 bits per heavy atom. The summed E-state index contributed by atoms with van der Waals surface area (Å²) in [6, 6.07) is 2.01. The molecule has 3 fully saturated rings. The van der Waals surface area contributed by atoms with E-state index in [1.165, 1.54) is 25.8 Å². The molecule has 16 heavy (non-hydrogen) atoms. The molecule has 0 aromatic carbocycles. The minimum absolute atomic E-state index is 0.549. The quantitative estimate of drug-likeness (QED) is 0.763. The van der Waals surface area contributed by atoms with E-state index in [-0.39, 0.29) is 0 Å². The van der Waals surface area contributed by atoms with Crippen molar-refractivity contribution in [3.05, 3.63) is 0 Å². The van der Waals surface area contributed by atoms with Gasteiger partial charge in [0.25, 0.3) is 0 Å². The molecular weight excluding hydrogens is 200 g/mol. The van der Waals surface area contributed by atoms with Crippen LogP contribution in [0.1, 0.15) is 33.1 Å². The van der Waals surface area contributed by atoms with Crippen LogP contribution >= 0.6 is 0 Å². The SMILES string of the molecule is CC1CN(C2CCOC2C2CC2)C(C)CN1. The van der Waals surface area contributed by atoms with E-state index in [2.05, 4.69) is 24.1 Å². The number of nitrogens with one attached hydrogen (secondary N) is 1. The van der Waals surface area contributed by atoms with Crippen LogP contribution in [0.25, 0.3) is 0 Å². The molecule has 4 atom stereocenters. The van der Waals surface area contributed by atoms with Crippen LogP contribution in [0.3, 0.4) is 0 Å². The van der Waals surface area contributed by atoms with E-state index in [0.717, 1.165) is 19.1 Å². The van der Waals surface area contributed by atoms with Gasteiger partial charge in [-0.1, -0.05) is 0 Å². The maximum atomic E-state index is 5.96. The van der Waals surface area contributed by atoms with E-state index in [1.807, 2.05) is 0 Å². The Kier molecular flexibility index (Phi) is 2.94. The highest BCUT2D eigenvalue weighted by molar-refractivity contribution is 4.98. The van der Waals surface area contributed by atoms with Crippen molar-refractivity contribution in [2.24, 2.45) is 5.92 Å². The van der Waals surface area contributed by atoms with Gasteiger partial charge in [-0.3, -0.25) is 4.90 Å². The number of ether oxygens (including phenoxy) is 1. The van der Waals surface area contributed by atoms with Crippen molar-refractivity contribution in [1.82, 2.24) is 10.2 Å². The summed E-state index contributed by atoms with van der Waals surface area (Å²) in [5.41, 5.74) is 0. The molecule has 3 heteroatoms. The third kappa shape index (κ3) is 2.01. The first-order valence-corrected chi connectivity index (χ1v) is 6.86. The monoisotopic (exact) mass is 224 g/mol. The number of hydrogen-bond donors (Lipinski definition) is 1. The molecule has 2 saturated heterocycles. The molecule has 0 spiro atoms. The van der Waals surface area contributed by atoms with Gasteiger partial charge in [0, 0.05) is 37.8 Å². The molecule has 2 aliphatic heterocycles. The van der Waals surface area contributed by atoms with E-state index in [0.29, 0.717) is 24.2 Å². The van der Waals surface area contributed by atoms with Crippen LogP contribution in [-0.4, -0.2) is 48.8 Å². The highest BCUT2D eigenvalue weighted by Gasteiger charge is 2.44. The lowest BCUT2D eigenvalue weighted by atomic mass is 10.00. The fourth-order valence-electron chi connectivity index (χ4n) is 3.34. The van der Waals surface area contributed by atoms with Gasteiger partial charge in [-0.2, -0.15) is 0 Å². The van der Waals surface area contributed by atoms with Crippen molar-refractivity contribution in [3.8, 4) is 0 Å². The van der Waals surface area contributed by atoms with Crippen molar-refractivity contribution in [1.29, 1.82) is 0 Å². The van der Waals surface area contributed by atoms with E-state index < -0.39 is 0 Å². The zero-order chi connectivity index (χ0) is 11.1. The average Bonchev–Trinajstić information content (AvgIpc) is 3.01. The predicted octanol–water partition coefficient (Wildman–Crippen LogP) is 1.24. The number of hydrogen-bond acceptors (Lipinski definition) is 3. The lowest BCUT2D eigenvalue weighted by molar-refractivity contribution is 0.0178. The molecule has 0 aromatic rings. The van der Waals surface area contributed by atoms with Gasteiger partial charge in [-0.25, -0.2) is 0 Å². The molecule has 2 heterocycles.